The lowest BCUT2D eigenvalue weighted by Gasteiger charge is -2.09. The highest BCUT2D eigenvalue weighted by Crippen LogP contribution is 2.38. The average molecular weight is 518 g/mol. The molecule has 4 rings (SSSR count). The van der Waals surface area contributed by atoms with Crippen LogP contribution < -0.4 is 10.5 Å². The van der Waals surface area contributed by atoms with Crippen LogP contribution in [0.2, 0.25) is 10.0 Å². The van der Waals surface area contributed by atoms with Gasteiger partial charge in [0, 0.05) is 15.6 Å². The second-order valence-corrected chi connectivity index (χ2v) is 10.5. The number of benzene rings is 3. The van der Waals surface area contributed by atoms with Crippen LogP contribution in [0.4, 0.5) is 21.5 Å². The van der Waals surface area contributed by atoms with Gasteiger partial charge in [-0.05, 0) is 55.0 Å². The van der Waals surface area contributed by atoms with E-state index >= 15 is 0 Å². The molecule has 0 spiro atoms. The lowest BCUT2D eigenvalue weighted by molar-refractivity contribution is 0.601. The van der Waals surface area contributed by atoms with Gasteiger partial charge in [-0.3, -0.25) is 4.72 Å². The predicted molar refractivity (Wildman–Crippen MR) is 135 cm³/mol. The van der Waals surface area contributed by atoms with Crippen LogP contribution in [0.3, 0.4) is 0 Å². The van der Waals surface area contributed by atoms with Gasteiger partial charge >= 0.3 is 0 Å². The first kappa shape index (κ1) is 23.2. The van der Waals surface area contributed by atoms with Crippen molar-refractivity contribution in [3.8, 4) is 11.3 Å². The van der Waals surface area contributed by atoms with Gasteiger partial charge < -0.3 is 5.73 Å². The van der Waals surface area contributed by atoms with E-state index in [0.29, 0.717) is 37.2 Å². The second-order valence-electron chi connectivity index (χ2n) is 6.98. The quantitative estimate of drug-likeness (QED) is 0.263. The van der Waals surface area contributed by atoms with Gasteiger partial charge in [-0.1, -0.05) is 58.8 Å². The van der Waals surface area contributed by atoms with Gasteiger partial charge in [0.1, 0.15) is 5.69 Å². The van der Waals surface area contributed by atoms with E-state index in [4.69, 9.17) is 28.9 Å². The van der Waals surface area contributed by atoms with E-state index in [2.05, 4.69) is 19.9 Å². The zero-order valence-corrected chi connectivity index (χ0v) is 20.3. The number of nitrogens with two attached hydrogens (primary N) is 1. The van der Waals surface area contributed by atoms with Gasteiger partial charge in [0.05, 0.1) is 16.3 Å². The number of hydrogen-bond acceptors (Lipinski definition) is 7. The summed E-state index contributed by atoms with van der Waals surface area (Å²) >= 11 is 13.1. The summed E-state index contributed by atoms with van der Waals surface area (Å²) in [4.78, 5) is 4.38. The number of azo groups is 1. The van der Waals surface area contributed by atoms with Crippen molar-refractivity contribution in [2.75, 3.05) is 10.5 Å². The topological polar surface area (TPSA) is 110 Å². The molecule has 1 aromatic heterocycles. The first-order valence-corrected chi connectivity index (χ1v) is 12.6. The van der Waals surface area contributed by atoms with Crippen LogP contribution in [0.5, 0.6) is 0 Å². The highest BCUT2D eigenvalue weighted by molar-refractivity contribution is 7.92. The number of halogens is 2. The highest BCUT2D eigenvalue weighted by atomic mass is 35.5. The van der Waals surface area contributed by atoms with Crippen molar-refractivity contribution in [1.82, 2.24) is 4.98 Å². The Morgan fingerprint density at radius 1 is 0.970 bits per heavy atom. The fraction of sp³-hybridized carbons (Fsp3) is 0.0455. The maximum Gasteiger partial charge on any atom is 0.261 e. The Morgan fingerprint density at radius 3 is 2.45 bits per heavy atom. The maximum atomic E-state index is 12.9. The lowest BCUT2D eigenvalue weighted by Crippen LogP contribution is -2.12. The van der Waals surface area contributed by atoms with Gasteiger partial charge in [-0.25, -0.2) is 13.4 Å². The average Bonchev–Trinajstić information content (AvgIpc) is 3.13. The molecule has 0 atom stereocenters. The van der Waals surface area contributed by atoms with E-state index < -0.39 is 10.0 Å². The number of hydrogen-bond donors (Lipinski definition) is 2. The molecule has 3 N–H and O–H groups in total. The molecule has 0 aliphatic rings. The number of nitrogens with one attached hydrogen (secondary N) is 1. The maximum absolute atomic E-state index is 12.9. The smallest absolute Gasteiger partial charge is 0.261 e. The van der Waals surface area contributed by atoms with Gasteiger partial charge in [0.25, 0.3) is 10.0 Å². The molecular weight excluding hydrogens is 501 g/mol. The number of sulfonamides is 1. The summed E-state index contributed by atoms with van der Waals surface area (Å²) in [5.74, 6) is 0. The van der Waals surface area contributed by atoms with E-state index in [0.717, 1.165) is 11.1 Å². The van der Waals surface area contributed by atoms with Crippen LogP contribution in [0.15, 0.2) is 81.9 Å². The van der Waals surface area contributed by atoms with Crippen LogP contribution in [-0.2, 0) is 10.0 Å². The van der Waals surface area contributed by atoms with Crippen molar-refractivity contribution in [3.05, 3.63) is 82.3 Å². The molecule has 0 saturated carbocycles. The summed E-state index contributed by atoms with van der Waals surface area (Å²) < 4.78 is 28.2. The first-order valence-electron chi connectivity index (χ1n) is 9.54. The molecule has 0 aliphatic heterocycles. The van der Waals surface area contributed by atoms with E-state index in [9.17, 15) is 8.42 Å². The number of aromatic nitrogens is 1. The zero-order valence-electron chi connectivity index (χ0n) is 17.2. The van der Waals surface area contributed by atoms with Crippen molar-refractivity contribution in [2.24, 2.45) is 10.2 Å². The normalized spacial score (nSPS) is 11.7. The lowest BCUT2D eigenvalue weighted by atomic mass is 10.2. The Bertz CT molecular complexity index is 1450. The third-order valence-electron chi connectivity index (χ3n) is 4.56. The minimum Gasteiger partial charge on any atom is -0.375 e. The molecule has 0 fully saturated rings. The van der Waals surface area contributed by atoms with E-state index in [-0.39, 0.29) is 4.90 Å². The molecule has 0 saturated heterocycles. The van der Waals surface area contributed by atoms with Crippen molar-refractivity contribution in [3.63, 3.8) is 0 Å². The van der Waals surface area contributed by atoms with Crippen molar-refractivity contribution < 1.29 is 8.42 Å². The SMILES string of the molecule is Cc1ccc(S(=O)(=O)Nc2cccc(Cl)c2)cc1N=Nc1sc(N)nc1-c1ccc(Cl)cc1. The summed E-state index contributed by atoms with van der Waals surface area (Å²) in [6.45, 7) is 1.82. The Balaban J connectivity index is 1.65. The van der Waals surface area contributed by atoms with Crippen LogP contribution in [0.25, 0.3) is 11.3 Å². The van der Waals surface area contributed by atoms with E-state index in [1.54, 1.807) is 36.4 Å². The molecule has 0 bridgehead atoms. The zero-order chi connectivity index (χ0) is 23.6. The number of nitrogens with zero attached hydrogens (tertiary/aromatic N) is 3. The minimum absolute atomic E-state index is 0.0452. The van der Waals surface area contributed by atoms with E-state index in [1.165, 1.54) is 29.5 Å². The van der Waals surface area contributed by atoms with Gasteiger partial charge in [0.15, 0.2) is 10.1 Å². The molecule has 168 valence electrons. The van der Waals surface area contributed by atoms with Gasteiger partial charge in [-0.15, -0.1) is 10.2 Å². The third kappa shape index (κ3) is 5.51. The number of thiazole rings is 1. The minimum atomic E-state index is -3.86. The third-order valence-corrected chi connectivity index (χ3v) is 7.19. The molecule has 1 heterocycles. The molecule has 7 nitrogen and oxygen atoms in total. The summed E-state index contributed by atoms with van der Waals surface area (Å²) in [7, 11) is -3.86. The number of anilines is 2. The van der Waals surface area contributed by atoms with Gasteiger partial charge in [0.2, 0.25) is 0 Å². The Kier molecular flexibility index (Phi) is 6.66. The molecule has 3 aromatic carbocycles. The number of nitrogen functional groups attached to an aromatic ring is 1. The van der Waals surface area contributed by atoms with Crippen molar-refractivity contribution >= 4 is 66.1 Å². The number of rotatable bonds is 6. The van der Waals surface area contributed by atoms with Crippen LogP contribution >= 0.6 is 34.5 Å². The largest absolute Gasteiger partial charge is 0.375 e. The van der Waals surface area contributed by atoms with Gasteiger partial charge in [-0.2, -0.15) is 0 Å². The molecule has 33 heavy (non-hydrogen) atoms. The molecule has 0 unspecified atom stereocenters. The summed E-state index contributed by atoms with van der Waals surface area (Å²) in [5, 5.41) is 10.5. The molecule has 0 amide bonds. The monoisotopic (exact) mass is 517 g/mol. The van der Waals surface area contributed by atoms with Crippen molar-refractivity contribution in [1.29, 1.82) is 0 Å². The molecule has 11 heteroatoms. The fourth-order valence-corrected chi connectivity index (χ4v) is 4.98. The fourth-order valence-electron chi connectivity index (χ4n) is 2.92. The van der Waals surface area contributed by atoms with Crippen molar-refractivity contribution in [2.45, 2.75) is 11.8 Å². The number of aryl methyl sites for hydroxylation is 1. The Hall–Kier alpha value is -2.98. The summed E-state index contributed by atoms with van der Waals surface area (Å²) in [5.41, 5.74) is 8.77. The highest BCUT2D eigenvalue weighted by Gasteiger charge is 2.17. The summed E-state index contributed by atoms with van der Waals surface area (Å²) in [6, 6.07) is 18.2. The predicted octanol–water partition coefficient (Wildman–Crippen LogP) is 7.22. The molecule has 0 radical (unpaired) electrons. The Labute approximate surface area is 205 Å². The van der Waals surface area contributed by atoms with Crippen LogP contribution in [0, 0.1) is 6.92 Å². The standard InChI is InChI=1S/C22H17Cl2N5O2S2/c1-13-5-10-18(33(30,31)29-17-4-2-3-16(24)11-17)12-19(13)27-28-21-20(26-22(25)32-21)14-6-8-15(23)9-7-14/h2-12,29H,1H3,(H2,25,26). The second kappa shape index (κ2) is 9.48. The Morgan fingerprint density at radius 2 is 1.73 bits per heavy atom. The first-order chi connectivity index (χ1) is 15.7. The molecule has 0 aliphatic carbocycles. The molecule has 4 aromatic rings. The summed E-state index contributed by atoms with van der Waals surface area (Å²) in [6.07, 6.45) is 0. The van der Waals surface area contributed by atoms with E-state index in [1.807, 2.05) is 19.1 Å². The van der Waals surface area contributed by atoms with Crippen LogP contribution in [-0.4, -0.2) is 13.4 Å². The van der Waals surface area contributed by atoms with Crippen LogP contribution in [0.1, 0.15) is 5.56 Å². The molecular formula is C22H17Cl2N5O2S2.